The Bertz CT molecular complexity index is 1240. The van der Waals surface area contributed by atoms with Crippen molar-refractivity contribution in [3.05, 3.63) is 56.8 Å². The molecule has 2 atom stereocenters. The van der Waals surface area contributed by atoms with Gasteiger partial charge in [-0.05, 0) is 80.4 Å². The summed E-state index contributed by atoms with van der Waals surface area (Å²) in [7, 11) is 0. The third-order valence-electron chi connectivity index (χ3n) is 8.11. The van der Waals surface area contributed by atoms with Crippen molar-refractivity contribution in [2.75, 3.05) is 0 Å². The van der Waals surface area contributed by atoms with Crippen molar-refractivity contribution in [3.8, 4) is 0 Å². The first-order valence-corrected chi connectivity index (χ1v) is 11.7. The summed E-state index contributed by atoms with van der Waals surface area (Å²) in [6.45, 7) is 2.91. The van der Waals surface area contributed by atoms with Crippen LogP contribution in [0.3, 0.4) is 0 Å². The zero-order valence-corrected chi connectivity index (χ0v) is 18.0. The lowest BCUT2D eigenvalue weighted by molar-refractivity contribution is 0.220. The fourth-order valence-electron chi connectivity index (χ4n) is 6.93. The Hall–Kier alpha value is -2.70. The van der Waals surface area contributed by atoms with Crippen LogP contribution in [-0.4, -0.2) is 24.1 Å². The van der Waals surface area contributed by atoms with Crippen molar-refractivity contribution in [2.24, 2.45) is 17.8 Å². The third kappa shape index (κ3) is 2.85. The smallest absolute Gasteiger partial charge is 0.332 e. The van der Waals surface area contributed by atoms with Crippen LogP contribution in [0.15, 0.2) is 34.1 Å². The maximum atomic E-state index is 13.3. The molecule has 7 heteroatoms. The monoisotopic (exact) mass is 419 g/mol. The minimum absolute atomic E-state index is 0.0729. The lowest BCUT2D eigenvalue weighted by Crippen LogP contribution is -2.40. The number of pyridine rings is 1. The Kier molecular flexibility index (Phi) is 4.24. The van der Waals surface area contributed by atoms with Crippen molar-refractivity contribution < 1.29 is 0 Å². The average Bonchev–Trinajstić information content (AvgIpc) is 3.41. The second-order valence-corrected chi connectivity index (χ2v) is 10.0. The molecule has 0 radical (unpaired) electrons. The molecule has 0 aliphatic heterocycles. The molecule has 3 aromatic rings. The van der Waals surface area contributed by atoms with E-state index in [0.717, 1.165) is 35.6 Å². The highest BCUT2D eigenvalue weighted by molar-refractivity contribution is 5.70. The average molecular weight is 420 g/mol. The summed E-state index contributed by atoms with van der Waals surface area (Å²) in [4.78, 5) is 39.0. The number of aromatic amines is 1. The van der Waals surface area contributed by atoms with Gasteiger partial charge in [0.25, 0.3) is 5.56 Å². The first-order chi connectivity index (χ1) is 15.1. The van der Waals surface area contributed by atoms with Gasteiger partial charge in [0.15, 0.2) is 5.65 Å². The number of nitrogens with one attached hydrogen (secondary N) is 1. The molecule has 4 aliphatic carbocycles. The molecule has 0 spiro atoms. The molecule has 4 aliphatic rings. The van der Waals surface area contributed by atoms with E-state index in [9.17, 15) is 9.59 Å². The summed E-state index contributed by atoms with van der Waals surface area (Å²) < 4.78 is 3.09. The second kappa shape index (κ2) is 6.90. The molecule has 0 saturated heterocycles. The van der Waals surface area contributed by atoms with E-state index in [-0.39, 0.29) is 16.7 Å². The third-order valence-corrected chi connectivity index (χ3v) is 8.11. The summed E-state index contributed by atoms with van der Waals surface area (Å²) in [6.07, 6.45) is 11.2. The van der Waals surface area contributed by atoms with Gasteiger partial charge in [-0.3, -0.25) is 18.9 Å². The zero-order chi connectivity index (χ0) is 21.2. The summed E-state index contributed by atoms with van der Waals surface area (Å²) in [6, 6.07) is 3.93. The second-order valence-electron chi connectivity index (χ2n) is 10.0. The quantitative estimate of drug-likeness (QED) is 0.666. The van der Waals surface area contributed by atoms with Gasteiger partial charge in [-0.15, -0.1) is 0 Å². The van der Waals surface area contributed by atoms with Crippen molar-refractivity contribution >= 4 is 11.2 Å². The van der Waals surface area contributed by atoms with E-state index in [2.05, 4.69) is 9.97 Å². The molecule has 3 heterocycles. The maximum Gasteiger partial charge on any atom is 0.332 e. The molecule has 7 nitrogen and oxygen atoms in total. The number of imidazole rings is 1. The van der Waals surface area contributed by atoms with E-state index in [1.54, 1.807) is 17.0 Å². The van der Waals surface area contributed by atoms with E-state index in [1.807, 2.05) is 19.1 Å². The summed E-state index contributed by atoms with van der Waals surface area (Å²) in [5, 5.41) is 0. The summed E-state index contributed by atoms with van der Waals surface area (Å²) in [5.74, 6) is 3.38. The van der Waals surface area contributed by atoms with Gasteiger partial charge in [0.2, 0.25) is 0 Å². The van der Waals surface area contributed by atoms with Gasteiger partial charge in [-0.1, -0.05) is 6.92 Å². The van der Waals surface area contributed by atoms with Crippen LogP contribution >= 0.6 is 0 Å². The molecule has 2 unspecified atom stereocenters. The molecule has 4 saturated carbocycles. The lowest BCUT2D eigenvalue weighted by Gasteiger charge is -2.36. The number of hydrogen-bond donors (Lipinski definition) is 1. The van der Waals surface area contributed by atoms with Crippen LogP contribution in [0.4, 0.5) is 0 Å². The van der Waals surface area contributed by atoms with E-state index in [4.69, 9.17) is 4.98 Å². The van der Waals surface area contributed by atoms with E-state index in [0.29, 0.717) is 30.7 Å². The number of fused-ring (bicyclic) bond motifs is 1. The molecule has 3 aromatic heterocycles. The molecule has 4 fully saturated rings. The van der Waals surface area contributed by atoms with Crippen LogP contribution in [0.2, 0.25) is 0 Å². The predicted molar refractivity (Wildman–Crippen MR) is 118 cm³/mol. The largest absolute Gasteiger partial charge is 0.336 e. The van der Waals surface area contributed by atoms with Crippen LogP contribution < -0.4 is 11.2 Å². The molecular weight excluding hydrogens is 390 g/mol. The van der Waals surface area contributed by atoms with Crippen LogP contribution in [0.1, 0.15) is 56.8 Å². The van der Waals surface area contributed by atoms with E-state index >= 15 is 0 Å². The molecule has 0 amide bonds. The zero-order valence-electron chi connectivity index (χ0n) is 18.0. The molecule has 0 aromatic carbocycles. The van der Waals surface area contributed by atoms with Gasteiger partial charge in [-0.2, -0.15) is 0 Å². The van der Waals surface area contributed by atoms with Gasteiger partial charge in [0, 0.05) is 30.9 Å². The summed E-state index contributed by atoms with van der Waals surface area (Å²) >= 11 is 0. The Morgan fingerprint density at radius 3 is 2.48 bits per heavy atom. The minimum atomic E-state index is -0.250. The van der Waals surface area contributed by atoms with Crippen LogP contribution in [0.25, 0.3) is 11.2 Å². The highest BCUT2D eigenvalue weighted by atomic mass is 16.2. The maximum absolute atomic E-state index is 13.3. The predicted octanol–water partition coefficient (Wildman–Crippen LogP) is 3.01. The highest BCUT2D eigenvalue weighted by Crippen LogP contribution is 2.64. The van der Waals surface area contributed by atoms with Gasteiger partial charge < -0.3 is 4.98 Å². The van der Waals surface area contributed by atoms with Crippen molar-refractivity contribution in [1.29, 1.82) is 0 Å². The molecule has 1 N–H and O–H groups in total. The molecule has 162 valence electrons. The van der Waals surface area contributed by atoms with Gasteiger partial charge in [0.05, 0.1) is 0 Å². The van der Waals surface area contributed by atoms with Crippen molar-refractivity contribution in [2.45, 2.75) is 70.4 Å². The fraction of sp³-hybridized carbons (Fsp3) is 0.583. The van der Waals surface area contributed by atoms with Crippen molar-refractivity contribution in [1.82, 2.24) is 24.1 Å². The summed E-state index contributed by atoms with van der Waals surface area (Å²) in [5.41, 5.74) is 1.73. The van der Waals surface area contributed by atoms with E-state index < -0.39 is 0 Å². The van der Waals surface area contributed by atoms with Crippen LogP contribution in [-0.2, 0) is 24.9 Å². The topological polar surface area (TPSA) is 85.6 Å². The van der Waals surface area contributed by atoms with Gasteiger partial charge >= 0.3 is 5.69 Å². The van der Waals surface area contributed by atoms with E-state index in [1.165, 1.54) is 36.7 Å². The van der Waals surface area contributed by atoms with Gasteiger partial charge in [-0.25, -0.2) is 9.78 Å². The molecule has 7 rings (SSSR count). The standard InChI is InChI=1S/C24H29N5O2/c1-2-8-29-21(30)19-20(28(23(29)31)9-5-15-3-6-25-7-4-15)27-22(26-19)24-12-16-10-17(13-24)18(11-16)14-24/h3-4,6-7,16-18H,2,5,8-14H2,1H3,(H,26,27). The Morgan fingerprint density at radius 1 is 1.06 bits per heavy atom. The number of H-pyrrole nitrogens is 1. The van der Waals surface area contributed by atoms with Gasteiger partial charge in [0.1, 0.15) is 11.3 Å². The fourth-order valence-corrected chi connectivity index (χ4v) is 6.93. The number of hydrogen-bond acceptors (Lipinski definition) is 4. The molecule has 4 bridgehead atoms. The van der Waals surface area contributed by atoms with Crippen LogP contribution in [0, 0.1) is 17.8 Å². The number of nitrogens with zero attached hydrogens (tertiary/aromatic N) is 4. The van der Waals surface area contributed by atoms with Crippen LogP contribution in [0.5, 0.6) is 0 Å². The normalized spacial score (nSPS) is 28.7. The lowest BCUT2D eigenvalue weighted by atomic mass is 9.69. The van der Waals surface area contributed by atoms with Crippen molar-refractivity contribution in [3.63, 3.8) is 0 Å². The first-order valence-electron chi connectivity index (χ1n) is 11.7. The SMILES string of the molecule is CCCn1c(=O)c2[nH]c(C34CC5CC(C3)C(C5)C4)nc2n(CCc2ccncc2)c1=O. The highest BCUT2D eigenvalue weighted by Gasteiger charge is 2.57. The first kappa shape index (κ1) is 19.0. The number of aromatic nitrogens is 5. The Balaban J connectivity index is 1.47. The number of rotatable bonds is 6. The minimum Gasteiger partial charge on any atom is -0.336 e. The Labute approximate surface area is 180 Å². The molecule has 31 heavy (non-hydrogen) atoms. The molecular formula is C24H29N5O2. The Morgan fingerprint density at radius 2 is 1.81 bits per heavy atom. The number of aryl methyl sites for hydroxylation is 2.